The molecule has 0 bridgehead atoms. The molecule has 0 aromatic carbocycles. The smallest absolute Gasteiger partial charge is 0.163 e. The lowest BCUT2D eigenvalue weighted by Gasteiger charge is -2.34. The Hall–Kier alpha value is -0.320. The highest BCUT2D eigenvalue weighted by Crippen LogP contribution is 2.32. The molecule has 0 aromatic rings. The highest BCUT2D eigenvalue weighted by molar-refractivity contribution is 4.91. The second-order valence-corrected chi connectivity index (χ2v) is 6.98. The van der Waals surface area contributed by atoms with Crippen molar-refractivity contribution in [2.45, 2.75) is 63.7 Å². The van der Waals surface area contributed by atoms with E-state index in [1.54, 1.807) is 0 Å². The summed E-state index contributed by atoms with van der Waals surface area (Å²) in [6.07, 6.45) is -1.32. The molecule has 4 atom stereocenters. The quantitative estimate of drug-likeness (QED) is 0.598. The highest BCUT2D eigenvalue weighted by atomic mass is 16.8. The summed E-state index contributed by atoms with van der Waals surface area (Å²) in [6.45, 7) is 9.94. The van der Waals surface area contributed by atoms with Crippen molar-refractivity contribution < 1.29 is 28.4 Å². The third kappa shape index (κ3) is 5.34. The first kappa shape index (κ1) is 20.0. The van der Waals surface area contributed by atoms with Crippen LogP contribution < -0.4 is 11.5 Å². The fraction of sp³-hybridized carbons (Fsp3) is 1.00. The van der Waals surface area contributed by atoms with Crippen molar-refractivity contribution in [3.8, 4) is 0 Å². The molecule has 2 aliphatic heterocycles. The Morgan fingerprint density at radius 1 is 0.833 bits per heavy atom. The van der Waals surface area contributed by atoms with Crippen LogP contribution in [0.25, 0.3) is 0 Å². The van der Waals surface area contributed by atoms with Crippen LogP contribution in [-0.4, -0.2) is 75.5 Å². The van der Waals surface area contributed by atoms with Gasteiger partial charge >= 0.3 is 0 Å². The molecule has 0 aliphatic carbocycles. The van der Waals surface area contributed by atoms with Gasteiger partial charge in [0.25, 0.3) is 0 Å². The molecule has 0 spiro atoms. The topological polar surface area (TPSA) is 107 Å². The van der Waals surface area contributed by atoms with Crippen LogP contribution in [0.3, 0.4) is 0 Å². The molecule has 2 aliphatic rings. The number of rotatable bonds is 9. The van der Waals surface area contributed by atoms with Gasteiger partial charge in [-0.1, -0.05) is 0 Å². The van der Waals surface area contributed by atoms with Crippen molar-refractivity contribution in [2.24, 2.45) is 11.5 Å². The number of nitrogens with two attached hydrogens (primary N) is 2. The summed E-state index contributed by atoms with van der Waals surface area (Å²) >= 11 is 0. The summed E-state index contributed by atoms with van der Waals surface area (Å²) in [5.74, 6) is -1.31. The summed E-state index contributed by atoms with van der Waals surface area (Å²) in [4.78, 5) is 0. The Kier molecular flexibility index (Phi) is 6.98. The van der Waals surface area contributed by atoms with Gasteiger partial charge in [0.15, 0.2) is 11.6 Å². The van der Waals surface area contributed by atoms with Crippen molar-refractivity contribution in [1.82, 2.24) is 0 Å². The van der Waals surface area contributed by atoms with Crippen molar-refractivity contribution in [1.29, 1.82) is 0 Å². The van der Waals surface area contributed by atoms with Gasteiger partial charge in [-0.3, -0.25) is 0 Å². The van der Waals surface area contributed by atoms with E-state index >= 15 is 0 Å². The maximum Gasteiger partial charge on any atom is 0.163 e. The Bertz CT molecular complexity index is 357. The predicted octanol–water partition coefficient (Wildman–Crippen LogP) is -0.0228. The van der Waals surface area contributed by atoms with Crippen molar-refractivity contribution >= 4 is 0 Å². The Labute approximate surface area is 144 Å². The number of hydrogen-bond donors (Lipinski definition) is 2. The monoisotopic (exact) mass is 348 g/mol. The van der Waals surface area contributed by atoms with Gasteiger partial charge in [-0.15, -0.1) is 0 Å². The highest BCUT2D eigenvalue weighted by Gasteiger charge is 2.47. The zero-order valence-electron chi connectivity index (χ0n) is 15.2. The van der Waals surface area contributed by atoms with E-state index in [0.717, 1.165) is 0 Å². The molecule has 2 saturated heterocycles. The van der Waals surface area contributed by atoms with Crippen LogP contribution in [0.1, 0.15) is 27.7 Å². The third-order valence-electron chi connectivity index (χ3n) is 3.97. The van der Waals surface area contributed by atoms with Crippen LogP contribution in [0.2, 0.25) is 0 Å². The Balaban J connectivity index is 2.13. The maximum absolute atomic E-state index is 5.98. The molecular formula is C16H32N2O6. The fourth-order valence-corrected chi connectivity index (χ4v) is 2.99. The van der Waals surface area contributed by atoms with E-state index in [2.05, 4.69) is 0 Å². The molecular weight excluding hydrogens is 316 g/mol. The molecule has 142 valence electrons. The molecule has 2 fully saturated rings. The van der Waals surface area contributed by atoms with Crippen LogP contribution in [0.5, 0.6) is 0 Å². The summed E-state index contributed by atoms with van der Waals surface area (Å²) in [5.41, 5.74) is 11.2. The van der Waals surface area contributed by atoms with Gasteiger partial charge in [-0.05, 0) is 27.7 Å². The van der Waals surface area contributed by atoms with Crippen molar-refractivity contribution in [3.63, 3.8) is 0 Å². The minimum Gasteiger partial charge on any atom is -0.371 e. The fourth-order valence-electron chi connectivity index (χ4n) is 2.99. The molecule has 2 rings (SSSR count). The van der Waals surface area contributed by atoms with Gasteiger partial charge in [0.2, 0.25) is 0 Å². The lowest BCUT2D eigenvalue weighted by Crippen LogP contribution is -2.51. The van der Waals surface area contributed by atoms with E-state index in [-0.39, 0.29) is 24.4 Å². The first-order chi connectivity index (χ1) is 11.3. The number of hydrogen-bond acceptors (Lipinski definition) is 8. The van der Waals surface area contributed by atoms with Crippen LogP contribution in [-0.2, 0) is 28.4 Å². The van der Waals surface area contributed by atoms with Gasteiger partial charge < -0.3 is 39.9 Å². The minimum absolute atomic E-state index is 0.276. The second kappa shape index (κ2) is 8.37. The molecule has 0 radical (unpaired) electrons. The largest absolute Gasteiger partial charge is 0.371 e. The summed E-state index contributed by atoms with van der Waals surface area (Å²) in [7, 11) is 0. The molecule has 2 heterocycles. The van der Waals surface area contributed by atoms with E-state index < -0.39 is 11.6 Å². The molecule has 8 nitrogen and oxygen atoms in total. The first-order valence-corrected chi connectivity index (χ1v) is 8.55. The Morgan fingerprint density at radius 3 is 1.46 bits per heavy atom. The van der Waals surface area contributed by atoms with Crippen LogP contribution in [0.15, 0.2) is 0 Å². The lowest BCUT2D eigenvalue weighted by atomic mass is 10.0. The maximum atomic E-state index is 5.98. The molecule has 0 aromatic heterocycles. The molecule has 8 heteroatoms. The summed E-state index contributed by atoms with van der Waals surface area (Å²) < 4.78 is 35.3. The second-order valence-electron chi connectivity index (χ2n) is 6.98. The molecule has 0 amide bonds. The van der Waals surface area contributed by atoms with Gasteiger partial charge in [0.1, 0.15) is 24.4 Å². The first-order valence-electron chi connectivity index (χ1n) is 8.55. The van der Waals surface area contributed by atoms with E-state index in [1.807, 2.05) is 27.7 Å². The predicted molar refractivity (Wildman–Crippen MR) is 87.4 cm³/mol. The standard InChI is InChI=1S/C16H32N2O6/c1-15(2)21-9-11(23-15)13(19-7-5-17)14(20-8-6-18)12-10-22-16(3,4)24-12/h11-14H,5-10,17-18H2,1-4H3/t11-,12-,13+,14+/m0/s1. The van der Waals surface area contributed by atoms with Crippen LogP contribution in [0.4, 0.5) is 0 Å². The number of ether oxygens (including phenoxy) is 6. The third-order valence-corrected chi connectivity index (χ3v) is 3.97. The van der Waals surface area contributed by atoms with E-state index in [1.165, 1.54) is 0 Å². The molecule has 24 heavy (non-hydrogen) atoms. The van der Waals surface area contributed by atoms with Gasteiger partial charge in [0.05, 0.1) is 26.4 Å². The zero-order valence-corrected chi connectivity index (χ0v) is 15.2. The lowest BCUT2D eigenvalue weighted by molar-refractivity contribution is -0.202. The average Bonchev–Trinajstić information content (AvgIpc) is 3.04. The van der Waals surface area contributed by atoms with E-state index in [4.69, 9.17) is 39.9 Å². The van der Waals surface area contributed by atoms with Gasteiger partial charge in [-0.2, -0.15) is 0 Å². The van der Waals surface area contributed by atoms with Crippen molar-refractivity contribution in [2.75, 3.05) is 39.5 Å². The minimum atomic E-state index is -0.653. The van der Waals surface area contributed by atoms with Gasteiger partial charge in [0, 0.05) is 13.1 Å². The molecule has 4 N–H and O–H groups in total. The SMILES string of the molecule is CC1(C)OC[C@@H]([C@@H](OCCN)[C@H](OCCN)[C@@H]2COC(C)(C)O2)O1. The summed E-state index contributed by atoms with van der Waals surface area (Å²) in [5, 5.41) is 0. The van der Waals surface area contributed by atoms with E-state index in [9.17, 15) is 0 Å². The van der Waals surface area contributed by atoms with Crippen LogP contribution >= 0.6 is 0 Å². The average molecular weight is 348 g/mol. The van der Waals surface area contributed by atoms with E-state index in [0.29, 0.717) is 39.5 Å². The van der Waals surface area contributed by atoms with Crippen LogP contribution in [0, 0.1) is 0 Å². The molecule has 0 unspecified atom stereocenters. The van der Waals surface area contributed by atoms with Crippen molar-refractivity contribution in [3.05, 3.63) is 0 Å². The molecule has 0 saturated carbocycles. The Morgan fingerprint density at radius 2 is 1.21 bits per heavy atom. The normalized spacial score (nSPS) is 31.2. The summed E-state index contributed by atoms with van der Waals surface area (Å²) in [6, 6.07) is 0. The van der Waals surface area contributed by atoms with Gasteiger partial charge in [-0.25, -0.2) is 0 Å². The zero-order chi connectivity index (χ0) is 17.8.